The lowest BCUT2D eigenvalue weighted by molar-refractivity contribution is -0.255. The van der Waals surface area contributed by atoms with Crippen molar-refractivity contribution in [1.29, 1.82) is 0 Å². The summed E-state index contributed by atoms with van der Waals surface area (Å²) in [7, 11) is 3.12. The first-order valence-corrected chi connectivity index (χ1v) is 17.2. The average Bonchev–Trinajstić information content (AvgIpc) is 3.21. The lowest BCUT2D eigenvalue weighted by Crippen LogP contribution is -2.24. The van der Waals surface area contributed by atoms with E-state index in [0.717, 1.165) is 18.4 Å². The van der Waals surface area contributed by atoms with Gasteiger partial charge in [-0.1, -0.05) is 75.7 Å². The van der Waals surface area contributed by atoms with Crippen molar-refractivity contribution in [3.05, 3.63) is 153 Å². The molecule has 4 aromatic carbocycles. The molecule has 0 aromatic heterocycles. The molecule has 1 unspecified atom stereocenters. The summed E-state index contributed by atoms with van der Waals surface area (Å²) in [4.78, 5) is 44.4. The number of carbonyl (C=O) groups excluding carboxylic acids is 3. The highest BCUT2D eigenvalue weighted by Gasteiger charge is 2.19. The van der Waals surface area contributed by atoms with E-state index in [0.29, 0.717) is 29.8 Å². The number of hydrogen-bond donors (Lipinski definition) is 5. The van der Waals surface area contributed by atoms with Crippen LogP contribution in [0.2, 0.25) is 0 Å². The number of carboxylic acids is 2. The molecule has 0 spiro atoms. The molecule has 4 aromatic rings. The number of aromatic carboxylic acids is 2. The monoisotopic (exact) mass is 773 g/mol. The molecular formula is C43H49O13-. The first kappa shape index (κ1) is 47.6. The number of aromatic hydroxyl groups is 2. The summed E-state index contributed by atoms with van der Waals surface area (Å²) >= 11 is 0. The maximum Gasteiger partial charge on any atom is 0.336 e. The minimum absolute atomic E-state index is 0. The van der Waals surface area contributed by atoms with E-state index in [1.807, 2.05) is 31.2 Å². The van der Waals surface area contributed by atoms with Gasteiger partial charge in [-0.15, -0.1) is 6.08 Å². The summed E-state index contributed by atoms with van der Waals surface area (Å²) in [5, 5.41) is 56.8. The van der Waals surface area contributed by atoms with Crippen molar-refractivity contribution in [2.45, 2.75) is 52.7 Å². The predicted octanol–water partition coefficient (Wildman–Crippen LogP) is 4.71. The summed E-state index contributed by atoms with van der Waals surface area (Å²) in [5.74, 6) is -2.04. The molecule has 300 valence electrons. The van der Waals surface area contributed by atoms with Crippen LogP contribution in [-0.4, -0.2) is 69.9 Å². The van der Waals surface area contributed by atoms with E-state index in [9.17, 15) is 44.7 Å². The summed E-state index contributed by atoms with van der Waals surface area (Å²) in [5.41, 5.74) is 3.56. The number of ether oxygens (including phenoxy) is 2. The number of ketones is 1. The largest absolute Gasteiger partial charge is 0.545 e. The summed E-state index contributed by atoms with van der Waals surface area (Å²) in [6.45, 7) is 5.70. The topological polar surface area (TPSA) is 244 Å². The standard InChI is InChI=1S/C17H16O4.C9H13O2.C9H12O2.C8H6O4.H2O/c1-2-11-7-13(10-19)16(20)15(8-11)17(21)14-6-4-3-5-12(14)9-18;2*1-3-7-4-5-8(10)9(6-7)11-2;9-7(10)5-3-1-2-4-6(5)8(11)12;/h3-9,19-20H,2,10H2,1H3;4-6,8,10H,3H2,1-2H3;4-6,10H,3H2,1-2H3;1-4H,(H,9,10)(H,11,12);1H2/q;-1;;;. The van der Waals surface area contributed by atoms with E-state index in [2.05, 4.69) is 13.8 Å². The van der Waals surface area contributed by atoms with Crippen molar-refractivity contribution in [2.24, 2.45) is 0 Å². The van der Waals surface area contributed by atoms with Gasteiger partial charge in [0, 0.05) is 22.3 Å². The van der Waals surface area contributed by atoms with Crippen LogP contribution in [0.4, 0.5) is 0 Å². The summed E-state index contributed by atoms with van der Waals surface area (Å²) in [6.07, 6.45) is 8.18. The fourth-order valence-electron chi connectivity index (χ4n) is 5.02. The lowest BCUT2D eigenvalue weighted by Gasteiger charge is -2.24. The van der Waals surface area contributed by atoms with Crippen LogP contribution in [0.5, 0.6) is 17.2 Å². The van der Waals surface area contributed by atoms with Gasteiger partial charge in [-0.2, -0.15) is 12.0 Å². The average molecular weight is 774 g/mol. The summed E-state index contributed by atoms with van der Waals surface area (Å²) < 4.78 is 9.91. The van der Waals surface area contributed by atoms with E-state index in [4.69, 9.17) is 14.6 Å². The Kier molecular flexibility index (Phi) is 20.5. The van der Waals surface area contributed by atoms with Gasteiger partial charge >= 0.3 is 5.97 Å². The number of methoxy groups -OCH3 is 2. The third-order valence-electron chi connectivity index (χ3n) is 8.19. The van der Waals surface area contributed by atoms with Crippen LogP contribution >= 0.6 is 0 Å². The number of allylic oxidation sites excluding steroid dienone is 2. The molecule has 0 radical (unpaired) electrons. The highest BCUT2D eigenvalue weighted by atomic mass is 16.5. The van der Waals surface area contributed by atoms with E-state index in [1.54, 1.807) is 63.1 Å². The van der Waals surface area contributed by atoms with Gasteiger partial charge in [-0.3, -0.25) is 9.59 Å². The smallest absolute Gasteiger partial charge is 0.336 e. The highest BCUT2D eigenvalue weighted by molar-refractivity contribution is 6.14. The van der Waals surface area contributed by atoms with E-state index in [1.165, 1.54) is 35.4 Å². The number of phenols is 2. The molecule has 5 rings (SSSR count). The summed E-state index contributed by atoms with van der Waals surface area (Å²) in [6, 6.07) is 20.4. The Morgan fingerprint density at radius 2 is 1.41 bits per heavy atom. The molecule has 0 saturated heterocycles. The van der Waals surface area contributed by atoms with Gasteiger partial charge in [0.05, 0.1) is 49.8 Å². The van der Waals surface area contributed by atoms with E-state index < -0.39 is 23.8 Å². The lowest BCUT2D eigenvalue weighted by atomic mass is 9.94. The normalized spacial score (nSPS) is 12.4. The maximum atomic E-state index is 12.6. The van der Waals surface area contributed by atoms with Crippen molar-refractivity contribution in [1.82, 2.24) is 0 Å². The Morgan fingerprint density at radius 1 is 0.804 bits per heavy atom. The van der Waals surface area contributed by atoms with Crippen LogP contribution in [0.15, 0.2) is 102 Å². The Labute approximate surface area is 325 Å². The van der Waals surface area contributed by atoms with Gasteiger partial charge in [0.25, 0.3) is 0 Å². The number of aliphatic hydroxyl groups is 2. The second kappa shape index (κ2) is 24.1. The maximum absolute atomic E-state index is 12.6. The van der Waals surface area contributed by atoms with Crippen molar-refractivity contribution >= 4 is 24.0 Å². The Bertz CT molecular complexity index is 1960. The molecule has 0 bridgehead atoms. The van der Waals surface area contributed by atoms with E-state index >= 15 is 0 Å². The highest BCUT2D eigenvalue weighted by Crippen LogP contribution is 2.29. The van der Waals surface area contributed by atoms with Crippen molar-refractivity contribution < 1.29 is 64.8 Å². The number of benzene rings is 4. The fourth-order valence-corrected chi connectivity index (χ4v) is 5.02. The molecule has 13 heteroatoms. The molecule has 1 aliphatic rings. The van der Waals surface area contributed by atoms with Crippen LogP contribution in [0, 0.1) is 6.42 Å². The number of phenolic OH excluding ortho intramolecular Hbond substituents is 1. The Morgan fingerprint density at radius 3 is 1.91 bits per heavy atom. The molecule has 56 heavy (non-hydrogen) atoms. The van der Waals surface area contributed by atoms with Gasteiger partial charge in [0.1, 0.15) is 5.75 Å². The van der Waals surface area contributed by atoms with Crippen molar-refractivity contribution in [2.75, 3.05) is 14.2 Å². The number of aryl methyl sites for hydroxylation is 2. The number of carboxylic acid groups (broad SMARTS) is 2. The minimum Gasteiger partial charge on any atom is -0.545 e. The number of aliphatic hydroxyl groups excluding tert-OH is 2. The molecule has 0 fully saturated rings. The zero-order valence-electron chi connectivity index (χ0n) is 31.9. The van der Waals surface area contributed by atoms with Crippen LogP contribution in [-0.2, 0) is 29.7 Å². The molecule has 13 nitrogen and oxygen atoms in total. The Balaban J connectivity index is 0.000000389. The molecule has 8 N–H and O–H groups in total. The molecule has 0 heterocycles. The van der Waals surface area contributed by atoms with Gasteiger partial charge < -0.3 is 50.4 Å². The third-order valence-corrected chi connectivity index (χ3v) is 8.19. The van der Waals surface area contributed by atoms with Gasteiger partial charge in [0.15, 0.2) is 23.6 Å². The van der Waals surface area contributed by atoms with E-state index in [-0.39, 0.29) is 51.4 Å². The molecule has 1 atom stereocenters. The quantitative estimate of drug-likeness (QED) is 0.0602. The van der Waals surface area contributed by atoms with Gasteiger partial charge in [0.2, 0.25) is 0 Å². The van der Waals surface area contributed by atoms with Crippen LogP contribution in [0.3, 0.4) is 0 Å². The minimum atomic E-state index is -1.48. The van der Waals surface area contributed by atoms with Gasteiger partial charge in [-0.05, 0) is 54.3 Å². The van der Waals surface area contributed by atoms with Crippen LogP contribution in [0.25, 0.3) is 0 Å². The van der Waals surface area contributed by atoms with Gasteiger partial charge in [-0.25, -0.2) is 10.9 Å². The predicted molar refractivity (Wildman–Crippen MR) is 209 cm³/mol. The molecule has 0 saturated carbocycles. The first-order chi connectivity index (χ1) is 26.3. The Hall–Kier alpha value is -6.41. The molecular weight excluding hydrogens is 724 g/mol. The number of rotatable bonds is 11. The number of hydrogen-bond acceptors (Lipinski definition) is 11. The van der Waals surface area contributed by atoms with Crippen molar-refractivity contribution in [3.8, 4) is 17.2 Å². The second-order valence-corrected chi connectivity index (χ2v) is 11.7. The van der Waals surface area contributed by atoms with Crippen molar-refractivity contribution in [3.63, 3.8) is 0 Å². The second-order valence-electron chi connectivity index (χ2n) is 11.7. The molecule has 0 amide bonds. The number of carbonyl (C=O) groups is 4. The number of aldehydes is 1. The molecule has 0 aliphatic heterocycles. The zero-order chi connectivity index (χ0) is 41.1. The fraction of sp³-hybridized carbons (Fsp3) is 0.233. The first-order valence-electron chi connectivity index (χ1n) is 17.2. The van der Waals surface area contributed by atoms with Crippen LogP contribution < -0.4 is 9.84 Å². The third kappa shape index (κ3) is 13.5. The van der Waals surface area contributed by atoms with Crippen LogP contribution in [0.1, 0.15) is 90.9 Å². The SMILES string of the molecule is CCC1=C[CH-]C(O)C(OC)=C1.CCc1cc(CO)c(O)c(C(=O)c2ccccc2C=O)c1.CCc1ccc(O)c(OC)c1.O=C([O-])c1ccccc1C(=O)O.[OH3+]. The zero-order valence-corrected chi connectivity index (χ0v) is 31.9. The molecule has 1 aliphatic carbocycles.